The average Bonchev–Trinajstić information content (AvgIpc) is 2.22. The molecule has 17 heavy (non-hydrogen) atoms. The van der Waals surface area contributed by atoms with Gasteiger partial charge in [-0.1, -0.05) is 0 Å². The van der Waals surface area contributed by atoms with Gasteiger partial charge in [-0.25, -0.2) is 8.78 Å². The monoisotopic (exact) mass is 245 g/mol. The molecule has 0 aliphatic carbocycles. The van der Waals surface area contributed by atoms with E-state index in [0.29, 0.717) is 5.69 Å². The second-order valence-corrected chi connectivity index (χ2v) is 3.59. The standard InChI is InChI=1S/C10H13F2N3O2/c1-14(5-8(11)12)10(17)6-15-4-7(13)2-3-9(15)16/h2-4,8H,5-6,13H2,1H3. The number of carbonyl (C=O) groups is 1. The van der Waals surface area contributed by atoms with Crippen LogP contribution in [0.4, 0.5) is 14.5 Å². The highest BCUT2D eigenvalue weighted by atomic mass is 19.3. The molecule has 0 saturated heterocycles. The first kappa shape index (κ1) is 13.1. The van der Waals surface area contributed by atoms with E-state index in [1.54, 1.807) is 0 Å². The van der Waals surface area contributed by atoms with Gasteiger partial charge in [0, 0.05) is 25.0 Å². The predicted octanol–water partition coefficient (Wildman–Crippen LogP) is 0.154. The normalized spacial score (nSPS) is 10.6. The van der Waals surface area contributed by atoms with Crippen LogP contribution in [-0.2, 0) is 11.3 Å². The third kappa shape index (κ3) is 3.86. The number of nitrogen functional groups attached to an aromatic ring is 1. The fourth-order valence-electron chi connectivity index (χ4n) is 1.25. The molecule has 5 nitrogen and oxygen atoms in total. The molecule has 1 aromatic heterocycles. The number of rotatable bonds is 4. The van der Waals surface area contributed by atoms with Gasteiger partial charge in [-0.3, -0.25) is 9.59 Å². The third-order valence-corrected chi connectivity index (χ3v) is 2.15. The summed E-state index contributed by atoms with van der Waals surface area (Å²) in [6.45, 7) is -0.955. The van der Waals surface area contributed by atoms with Crippen molar-refractivity contribution in [2.75, 3.05) is 19.3 Å². The molecule has 7 heteroatoms. The molecular weight excluding hydrogens is 232 g/mol. The van der Waals surface area contributed by atoms with Gasteiger partial charge in [-0.05, 0) is 6.07 Å². The van der Waals surface area contributed by atoms with E-state index in [4.69, 9.17) is 5.73 Å². The molecular formula is C10H13F2N3O2. The van der Waals surface area contributed by atoms with Crippen molar-refractivity contribution >= 4 is 11.6 Å². The summed E-state index contributed by atoms with van der Waals surface area (Å²) >= 11 is 0. The van der Waals surface area contributed by atoms with Crippen LogP contribution < -0.4 is 11.3 Å². The molecule has 1 amide bonds. The molecule has 1 aromatic rings. The van der Waals surface area contributed by atoms with Crippen molar-refractivity contribution in [3.63, 3.8) is 0 Å². The molecule has 0 aromatic carbocycles. The lowest BCUT2D eigenvalue weighted by Crippen LogP contribution is -2.36. The topological polar surface area (TPSA) is 68.3 Å². The number of likely N-dealkylation sites (N-methyl/N-ethyl adjacent to an activating group) is 1. The SMILES string of the molecule is CN(CC(F)F)C(=O)Cn1cc(N)ccc1=O. The molecule has 0 aliphatic heterocycles. The van der Waals surface area contributed by atoms with Crippen LogP contribution in [0.25, 0.3) is 0 Å². The smallest absolute Gasteiger partial charge is 0.255 e. The van der Waals surface area contributed by atoms with Gasteiger partial charge in [-0.15, -0.1) is 0 Å². The summed E-state index contributed by atoms with van der Waals surface area (Å²) in [7, 11) is 1.26. The molecule has 0 atom stereocenters. The molecule has 0 bridgehead atoms. The van der Waals surface area contributed by atoms with Crippen LogP contribution in [0.5, 0.6) is 0 Å². The zero-order valence-corrected chi connectivity index (χ0v) is 9.27. The lowest BCUT2D eigenvalue weighted by Gasteiger charge is -2.17. The van der Waals surface area contributed by atoms with Crippen LogP contribution >= 0.6 is 0 Å². The largest absolute Gasteiger partial charge is 0.398 e. The van der Waals surface area contributed by atoms with Crippen LogP contribution in [0.15, 0.2) is 23.1 Å². The summed E-state index contributed by atoms with van der Waals surface area (Å²) in [4.78, 5) is 23.7. The Labute approximate surface area is 96.4 Å². The van der Waals surface area contributed by atoms with E-state index in [1.807, 2.05) is 0 Å². The second kappa shape index (κ2) is 5.42. The van der Waals surface area contributed by atoms with Gasteiger partial charge in [-0.2, -0.15) is 0 Å². The van der Waals surface area contributed by atoms with Crippen LogP contribution in [0.2, 0.25) is 0 Å². The summed E-state index contributed by atoms with van der Waals surface area (Å²) in [5, 5.41) is 0. The number of anilines is 1. The lowest BCUT2D eigenvalue weighted by molar-refractivity contribution is -0.132. The minimum atomic E-state index is -2.60. The number of nitrogens with two attached hydrogens (primary N) is 1. The minimum Gasteiger partial charge on any atom is -0.398 e. The minimum absolute atomic E-state index is 0.299. The van der Waals surface area contributed by atoms with Gasteiger partial charge in [0.25, 0.3) is 12.0 Å². The van der Waals surface area contributed by atoms with Gasteiger partial charge in [0.15, 0.2) is 0 Å². The molecule has 0 saturated carbocycles. The van der Waals surface area contributed by atoms with Crippen molar-refractivity contribution in [2.24, 2.45) is 0 Å². The molecule has 0 aliphatic rings. The first-order valence-corrected chi connectivity index (χ1v) is 4.88. The van der Waals surface area contributed by atoms with E-state index >= 15 is 0 Å². The van der Waals surface area contributed by atoms with Crippen molar-refractivity contribution in [1.29, 1.82) is 0 Å². The molecule has 0 unspecified atom stereocenters. The molecule has 94 valence electrons. The Morgan fingerprint density at radius 2 is 2.18 bits per heavy atom. The van der Waals surface area contributed by atoms with Gasteiger partial charge < -0.3 is 15.2 Å². The van der Waals surface area contributed by atoms with Gasteiger partial charge in [0.1, 0.15) is 6.54 Å². The third-order valence-electron chi connectivity index (χ3n) is 2.15. The fourth-order valence-corrected chi connectivity index (χ4v) is 1.25. The van der Waals surface area contributed by atoms with Crippen molar-refractivity contribution in [1.82, 2.24) is 9.47 Å². The number of halogens is 2. The van der Waals surface area contributed by atoms with Crippen molar-refractivity contribution < 1.29 is 13.6 Å². The van der Waals surface area contributed by atoms with E-state index in [-0.39, 0.29) is 6.54 Å². The Balaban J connectivity index is 2.74. The van der Waals surface area contributed by atoms with Gasteiger partial charge in [0.2, 0.25) is 5.91 Å². The number of aromatic nitrogens is 1. The number of alkyl halides is 2. The number of amides is 1. The maximum absolute atomic E-state index is 12.0. The highest BCUT2D eigenvalue weighted by Gasteiger charge is 2.14. The maximum Gasteiger partial charge on any atom is 0.255 e. The average molecular weight is 245 g/mol. The lowest BCUT2D eigenvalue weighted by atomic mass is 10.4. The van der Waals surface area contributed by atoms with E-state index in [2.05, 4.69) is 0 Å². The quantitative estimate of drug-likeness (QED) is 0.821. The first-order valence-electron chi connectivity index (χ1n) is 4.88. The first-order chi connectivity index (χ1) is 7.90. The van der Waals surface area contributed by atoms with Crippen LogP contribution in [0.1, 0.15) is 0 Å². The zero-order chi connectivity index (χ0) is 13.0. The molecule has 0 spiro atoms. The highest BCUT2D eigenvalue weighted by molar-refractivity contribution is 5.75. The maximum atomic E-state index is 12.0. The van der Waals surface area contributed by atoms with E-state index in [1.165, 1.54) is 25.4 Å². The Morgan fingerprint density at radius 1 is 1.53 bits per heavy atom. The summed E-state index contributed by atoms with van der Waals surface area (Å²) in [6.07, 6.45) is -1.29. The highest BCUT2D eigenvalue weighted by Crippen LogP contribution is 1.99. The molecule has 1 heterocycles. The summed E-state index contributed by atoms with van der Waals surface area (Å²) in [6, 6.07) is 2.63. The number of hydrogen-bond donors (Lipinski definition) is 1. The van der Waals surface area contributed by atoms with E-state index < -0.39 is 24.4 Å². The second-order valence-electron chi connectivity index (χ2n) is 3.59. The van der Waals surface area contributed by atoms with E-state index in [0.717, 1.165) is 9.47 Å². The summed E-state index contributed by atoms with van der Waals surface area (Å²) in [5.41, 5.74) is 5.38. The van der Waals surface area contributed by atoms with Crippen molar-refractivity contribution in [3.05, 3.63) is 28.7 Å². The number of hydrogen-bond acceptors (Lipinski definition) is 3. The van der Waals surface area contributed by atoms with Gasteiger partial charge in [0.05, 0.1) is 6.54 Å². The molecule has 0 radical (unpaired) electrons. The van der Waals surface area contributed by atoms with Crippen molar-refractivity contribution in [2.45, 2.75) is 13.0 Å². The van der Waals surface area contributed by atoms with Gasteiger partial charge >= 0.3 is 0 Å². The Kier molecular flexibility index (Phi) is 4.19. The fraction of sp³-hybridized carbons (Fsp3) is 0.400. The Morgan fingerprint density at radius 3 is 2.76 bits per heavy atom. The van der Waals surface area contributed by atoms with Crippen LogP contribution in [0.3, 0.4) is 0 Å². The number of carbonyl (C=O) groups excluding carboxylic acids is 1. The Hall–Kier alpha value is -1.92. The molecule has 1 rings (SSSR count). The van der Waals surface area contributed by atoms with Crippen molar-refractivity contribution in [3.8, 4) is 0 Å². The molecule has 2 N–H and O–H groups in total. The van der Waals surface area contributed by atoms with E-state index in [9.17, 15) is 18.4 Å². The molecule has 0 fully saturated rings. The Bertz CT molecular complexity index is 459. The summed E-state index contributed by atoms with van der Waals surface area (Å²) < 4.78 is 25.2. The number of pyridine rings is 1. The summed E-state index contributed by atoms with van der Waals surface area (Å²) in [5.74, 6) is -0.571. The number of nitrogens with zero attached hydrogens (tertiary/aromatic N) is 2. The predicted molar refractivity (Wildman–Crippen MR) is 58.8 cm³/mol. The zero-order valence-electron chi connectivity index (χ0n) is 9.27. The van der Waals surface area contributed by atoms with Crippen LogP contribution in [0, 0.1) is 0 Å². The van der Waals surface area contributed by atoms with Crippen LogP contribution in [-0.4, -0.2) is 35.4 Å².